The number of aryl methyl sites for hydroxylation is 1. The molecule has 0 unspecified atom stereocenters. The number of hydrogen-bond donors (Lipinski definition) is 3. The normalized spacial score (nSPS) is 10.7. The van der Waals surface area contributed by atoms with E-state index < -0.39 is 0 Å². The zero-order chi connectivity index (χ0) is 20.3. The summed E-state index contributed by atoms with van der Waals surface area (Å²) in [4.78, 5) is 24.2. The van der Waals surface area contributed by atoms with Crippen molar-refractivity contribution in [3.05, 3.63) is 59.9 Å². The third-order valence-corrected chi connectivity index (χ3v) is 4.35. The Labute approximate surface area is 168 Å². The summed E-state index contributed by atoms with van der Waals surface area (Å²) in [6.07, 6.45) is 0. The average Bonchev–Trinajstić information content (AvgIpc) is 3.08. The first-order valence-electron chi connectivity index (χ1n) is 8.86. The molecule has 0 saturated carbocycles. The minimum Gasteiger partial charge on any atom is -0.451 e. The Morgan fingerprint density at radius 1 is 1.04 bits per heavy atom. The van der Waals surface area contributed by atoms with Crippen LogP contribution in [0.4, 0.5) is 11.4 Å². The molecule has 3 N–H and O–H groups in total. The van der Waals surface area contributed by atoms with E-state index in [0.29, 0.717) is 17.0 Å². The molecule has 2 aromatic carbocycles. The first kappa shape index (κ1) is 19.6. The maximum absolute atomic E-state index is 12.5. The number of amides is 2. The van der Waals surface area contributed by atoms with Gasteiger partial charge in [0.25, 0.3) is 5.91 Å². The van der Waals surface area contributed by atoms with Gasteiger partial charge in [-0.15, -0.1) is 0 Å². The molecular formula is C21H21N3O3S. The monoisotopic (exact) mass is 395 g/mol. The smallest absolute Gasteiger partial charge is 0.291 e. The lowest BCUT2D eigenvalue weighted by molar-refractivity contribution is -0.122. The molecule has 3 aromatic rings. The molecular weight excluding hydrogens is 374 g/mol. The molecule has 1 heterocycles. The van der Waals surface area contributed by atoms with E-state index in [1.165, 1.54) is 0 Å². The number of anilines is 2. The molecule has 0 radical (unpaired) electrons. The molecule has 144 valence electrons. The van der Waals surface area contributed by atoms with Crippen LogP contribution in [0, 0.1) is 12.8 Å². The number of furan rings is 1. The van der Waals surface area contributed by atoms with Crippen LogP contribution >= 0.6 is 12.2 Å². The van der Waals surface area contributed by atoms with Crippen LogP contribution in [0.1, 0.15) is 30.0 Å². The topological polar surface area (TPSA) is 83.4 Å². The highest BCUT2D eigenvalue weighted by Gasteiger charge is 2.14. The standard InChI is InChI=1S/C21H21N3O3S/c1-12(2)19(25)24-21(28)22-15-8-9-16(13(3)10-15)23-20(26)18-11-14-6-4-5-7-17(14)27-18/h4-12H,1-3H3,(H,23,26)(H2,22,24,25,28). The number of hydrogen-bond acceptors (Lipinski definition) is 4. The van der Waals surface area contributed by atoms with Gasteiger partial charge in [-0.3, -0.25) is 9.59 Å². The summed E-state index contributed by atoms with van der Waals surface area (Å²) >= 11 is 5.15. The fourth-order valence-corrected chi connectivity index (χ4v) is 2.80. The zero-order valence-electron chi connectivity index (χ0n) is 15.8. The number of carbonyl (C=O) groups excluding carboxylic acids is 2. The summed E-state index contributed by atoms with van der Waals surface area (Å²) in [5, 5.41) is 9.56. The molecule has 3 rings (SSSR count). The lowest BCUT2D eigenvalue weighted by atomic mass is 10.1. The fourth-order valence-electron chi connectivity index (χ4n) is 2.58. The predicted molar refractivity (Wildman–Crippen MR) is 115 cm³/mol. The molecule has 0 spiro atoms. The molecule has 2 amide bonds. The molecule has 1 aromatic heterocycles. The van der Waals surface area contributed by atoms with Gasteiger partial charge in [0.05, 0.1) is 0 Å². The van der Waals surface area contributed by atoms with E-state index in [2.05, 4.69) is 16.0 Å². The van der Waals surface area contributed by atoms with Crippen LogP contribution in [0.25, 0.3) is 11.0 Å². The van der Waals surface area contributed by atoms with Crippen molar-refractivity contribution in [2.24, 2.45) is 5.92 Å². The van der Waals surface area contributed by atoms with Crippen molar-refractivity contribution in [1.29, 1.82) is 0 Å². The zero-order valence-corrected chi connectivity index (χ0v) is 16.6. The maximum atomic E-state index is 12.5. The lowest BCUT2D eigenvalue weighted by Crippen LogP contribution is -2.36. The van der Waals surface area contributed by atoms with Crippen molar-refractivity contribution in [3.8, 4) is 0 Å². The van der Waals surface area contributed by atoms with Gasteiger partial charge in [-0.2, -0.15) is 0 Å². The van der Waals surface area contributed by atoms with Crippen LogP contribution in [0.15, 0.2) is 52.9 Å². The Kier molecular flexibility index (Phi) is 5.75. The number of benzene rings is 2. The van der Waals surface area contributed by atoms with Crippen LogP contribution in [0.3, 0.4) is 0 Å². The summed E-state index contributed by atoms with van der Waals surface area (Å²) in [6.45, 7) is 5.46. The number of fused-ring (bicyclic) bond motifs is 1. The van der Waals surface area contributed by atoms with Crippen molar-refractivity contribution >= 4 is 51.5 Å². The highest BCUT2D eigenvalue weighted by atomic mass is 32.1. The minimum absolute atomic E-state index is 0.149. The largest absolute Gasteiger partial charge is 0.451 e. The minimum atomic E-state index is -0.320. The number of thiocarbonyl (C=S) groups is 1. The van der Waals surface area contributed by atoms with E-state index in [1.807, 2.05) is 37.3 Å². The van der Waals surface area contributed by atoms with Gasteiger partial charge in [0.2, 0.25) is 5.91 Å². The summed E-state index contributed by atoms with van der Waals surface area (Å²) < 4.78 is 5.59. The van der Waals surface area contributed by atoms with E-state index in [-0.39, 0.29) is 28.6 Å². The molecule has 0 aliphatic heterocycles. The Bertz CT molecular complexity index is 1020. The van der Waals surface area contributed by atoms with Crippen molar-refractivity contribution in [1.82, 2.24) is 5.32 Å². The summed E-state index contributed by atoms with van der Waals surface area (Å²) in [5.41, 5.74) is 2.88. The second kappa shape index (κ2) is 8.22. The van der Waals surface area contributed by atoms with Gasteiger partial charge in [0.15, 0.2) is 10.9 Å². The second-order valence-corrected chi connectivity index (χ2v) is 7.14. The Hall–Kier alpha value is -3.19. The van der Waals surface area contributed by atoms with E-state index in [1.54, 1.807) is 32.0 Å². The maximum Gasteiger partial charge on any atom is 0.291 e. The van der Waals surface area contributed by atoms with Crippen molar-refractivity contribution in [2.75, 3.05) is 10.6 Å². The van der Waals surface area contributed by atoms with Gasteiger partial charge in [-0.25, -0.2) is 0 Å². The number of carbonyl (C=O) groups is 2. The quantitative estimate of drug-likeness (QED) is 0.568. The van der Waals surface area contributed by atoms with Crippen LogP contribution in [0.2, 0.25) is 0 Å². The Morgan fingerprint density at radius 2 is 1.79 bits per heavy atom. The lowest BCUT2D eigenvalue weighted by Gasteiger charge is -2.13. The molecule has 28 heavy (non-hydrogen) atoms. The Morgan fingerprint density at radius 3 is 2.46 bits per heavy atom. The van der Waals surface area contributed by atoms with E-state index in [0.717, 1.165) is 10.9 Å². The van der Waals surface area contributed by atoms with Crippen molar-refractivity contribution < 1.29 is 14.0 Å². The van der Waals surface area contributed by atoms with E-state index in [4.69, 9.17) is 16.6 Å². The average molecular weight is 395 g/mol. The molecule has 7 heteroatoms. The van der Waals surface area contributed by atoms with Crippen LogP contribution in [-0.4, -0.2) is 16.9 Å². The highest BCUT2D eigenvalue weighted by molar-refractivity contribution is 7.80. The number of rotatable bonds is 4. The summed E-state index contributed by atoms with van der Waals surface area (Å²) in [7, 11) is 0. The summed E-state index contributed by atoms with van der Waals surface area (Å²) in [6, 6.07) is 14.6. The van der Waals surface area contributed by atoms with Gasteiger partial charge in [0.1, 0.15) is 5.58 Å². The van der Waals surface area contributed by atoms with Gasteiger partial charge >= 0.3 is 0 Å². The third-order valence-electron chi connectivity index (χ3n) is 4.14. The molecule has 0 atom stereocenters. The number of para-hydroxylation sites is 1. The van der Waals surface area contributed by atoms with Gasteiger partial charge in [-0.05, 0) is 55.0 Å². The third kappa shape index (κ3) is 4.55. The molecule has 0 aliphatic rings. The number of nitrogens with one attached hydrogen (secondary N) is 3. The SMILES string of the molecule is Cc1cc(NC(=S)NC(=O)C(C)C)ccc1NC(=O)c1cc2ccccc2o1. The molecule has 0 aliphatic carbocycles. The van der Waals surface area contributed by atoms with Gasteiger partial charge in [0, 0.05) is 22.7 Å². The first-order valence-corrected chi connectivity index (χ1v) is 9.26. The molecule has 6 nitrogen and oxygen atoms in total. The van der Waals surface area contributed by atoms with Crippen LogP contribution in [0.5, 0.6) is 0 Å². The fraction of sp³-hybridized carbons (Fsp3) is 0.190. The van der Waals surface area contributed by atoms with E-state index in [9.17, 15) is 9.59 Å². The molecule has 0 saturated heterocycles. The summed E-state index contributed by atoms with van der Waals surface area (Å²) in [5.74, 6) is -0.374. The van der Waals surface area contributed by atoms with Gasteiger partial charge in [-0.1, -0.05) is 32.0 Å². The highest BCUT2D eigenvalue weighted by Crippen LogP contribution is 2.23. The van der Waals surface area contributed by atoms with Crippen LogP contribution < -0.4 is 16.0 Å². The predicted octanol–water partition coefficient (Wildman–Crippen LogP) is 4.46. The molecule has 0 bridgehead atoms. The van der Waals surface area contributed by atoms with Crippen molar-refractivity contribution in [3.63, 3.8) is 0 Å². The van der Waals surface area contributed by atoms with E-state index >= 15 is 0 Å². The second-order valence-electron chi connectivity index (χ2n) is 6.73. The Balaban J connectivity index is 1.67. The van der Waals surface area contributed by atoms with Gasteiger partial charge < -0.3 is 20.4 Å². The first-order chi connectivity index (χ1) is 13.3. The molecule has 0 fully saturated rings. The van der Waals surface area contributed by atoms with Crippen LogP contribution in [-0.2, 0) is 4.79 Å². The van der Waals surface area contributed by atoms with Crippen molar-refractivity contribution in [2.45, 2.75) is 20.8 Å².